The summed E-state index contributed by atoms with van der Waals surface area (Å²) in [6.45, 7) is 0.336. The molecule has 0 aromatic heterocycles. The molecule has 0 heterocycles. The standard InChI is InChI=1S/C20H20F3NO3S/c1-26-16-7-10-18(27-2)14(11-16)12-24(15-5-6-15)19(25)13-3-8-17(9-4-13)28-20(21,22)23/h3-4,7-11,15H,5-6,12H2,1-2H3. The van der Waals surface area contributed by atoms with Gasteiger partial charge in [-0.3, -0.25) is 4.79 Å². The zero-order chi connectivity index (χ0) is 20.3. The summed E-state index contributed by atoms with van der Waals surface area (Å²) in [4.78, 5) is 14.8. The van der Waals surface area contributed by atoms with E-state index in [2.05, 4.69) is 0 Å². The number of rotatable bonds is 7. The van der Waals surface area contributed by atoms with Crippen LogP contribution >= 0.6 is 11.8 Å². The topological polar surface area (TPSA) is 38.8 Å². The highest BCUT2D eigenvalue weighted by Gasteiger charge is 2.34. The molecule has 3 rings (SSSR count). The van der Waals surface area contributed by atoms with Crippen LogP contribution in [0.4, 0.5) is 13.2 Å². The summed E-state index contributed by atoms with van der Waals surface area (Å²) in [5, 5.41) is 0. The van der Waals surface area contributed by atoms with E-state index in [4.69, 9.17) is 9.47 Å². The van der Waals surface area contributed by atoms with Crippen molar-refractivity contribution < 1.29 is 27.4 Å². The predicted octanol–water partition coefficient (Wildman–Crippen LogP) is 5.12. The molecule has 1 aliphatic rings. The van der Waals surface area contributed by atoms with Crippen LogP contribution in [0.5, 0.6) is 11.5 Å². The van der Waals surface area contributed by atoms with Gasteiger partial charge in [0.1, 0.15) is 11.5 Å². The van der Waals surface area contributed by atoms with Crippen LogP contribution in [-0.4, -0.2) is 36.6 Å². The molecule has 4 nitrogen and oxygen atoms in total. The zero-order valence-electron chi connectivity index (χ0n) is 15.5. The second kappa shape index (κ2) is 8.34. The van der Waals surface area contributed by atoms with Crippen molar-refractivity contribution in [1.29, 1.82) is 0 Å². The summed E-state index contributed by atoms with van der Waals surface area (Å²) >= 11 is -0.195. The fourth-order valence-electron chi connectivity index (χ4n) is 2.91. The quantitative estimate of drug-likeness (QED) is 0.593. The monoisotopic (exact) mass is 411 g/mol. The Morgan fingerprint density at radius 3 is 2.32 bits per heavy atom. The second-order valence-corrected chi connectivity index (χ2v) is 7.55. The molecule has 0 saturated heterocycles. The minimum absolute atomic E-state index is 0.0523. The first-order valence-corrected chi connectivity index (χ1v) is 9.50. The number of methoxy groups -OCH3 is 2. The number of ether oxygens (including phenoxy) is 2. The van der Waals surface area contributed by atoms with Crippen LogP contribution in [0.15, 0.2) is 47.4 Å². The van der Waals surface area contributed by atoms with Gasteiger partial charge in [0.2, 0.25) is 0 Å². The smallest absolute Gasteiger partial charge is 0.446 e. The van der Waals surface area contributed by atoms with E-state index in [1.54, 1.807) is 31.3 Å². The molecule has 28 heavy (non-hydrogen) atoms. The average Bonchev–Trinajstić information content (AvgIpc) is 3.49. The predicted molar refractivity (Wildman–Crippen MR) is 101 cm³/mol. The molecule has 2 aromatic rings. The molecule has 0 unspecified atom stereocenters. The van der Waals surface area contributed by atoms with Gasteiger partial charge in [-0.1, -0.05) is 0 Å². The highest BCUT2D eigenvalue weighted by atomic mass is 32.2. The van der Waals surface area contributed by atoms with Crippen LogP contribution in [0.25, 0.3) is 0 Å². The van der Waals surface area contributed by atoms with Crippen LogP contribution in [0.3, 0.4) is 0 Å². The highest BCUT2D eigenvalue weighted by molar-refractivity contribution is 8.00. The van der Waals surface area contributed by atoms with Gasteiger partial charge < -0.3 is 14.4 Å². The van der Waals surface area contributed by atoms with Crippen LogP contribution in [0.2, 0.25) is 0 Å². The third-order valence-corrected chi connectivity index (χ3v) is 5.15. The summed E-state index contributed by atoms with van der Waals surface area (Å²) in [6.07, 6.45) is 1.81. The number of halogens is 3. The molecule has 0 radical (unpaired) electrons. The molecule has 1 amide bonds. The van der Waals surface area contributed by atoms with Crippen LogP contribution in [0.1, 0.15) is 28.8 Å². The molecular weight excluding hydrogens is 391 g/mol. The Kier molecular flexibility index (Phi) is 6.07. The Balaban J connectivity index is 1.80. The number of alkyl halides is 3. The number of benzene rings is 2. The maximum absolute atomic E-state index is 13.0. The second-order valence-electron chi connectivity index (χ2n) is 6.41. The lowest BCUT2D eigenvalue weighted by Crippen LogP contribution is -2.32. The lowest BCUT2D eigenvalue weighted by Gasteiger charge is -2.24. The highest BCUT2D eigenvalue weighted by Crippen LogP contribution is 2.37. The number of thioether (sulfide) groups is 1. The van der Waals surface area contributed by atoms with E-state index in [1.807, 2.05) is 6.07 Å². The molecule has 0 bridgehead atoms. The van der Waals surface area contributed by atoms with Gasteiger partial charge in [0.25, 0.3) is 5.91 Å². The first-order valence-electron chi connectivity index (χ1n) is 8.68. The van der Waals surface area contributed by atoms with Crippen LogP contribution in [-0.2, 0) is 6.54 Å². The molecule has 0 spiro atoms. The van der Waals surface area contributed by atoms with Crippen molar-refractivity contribution in [1.82, 2.24) is 4.90 Å². The van der Waals surface area contributed by atoms with Gasteiger partial charge in [0.15, 0.2) is 0 Å². The van der Waals surface area contributed by atoms with Gasteiger partial charge in [0.05, 0.1) is 20.8 Å². The normalized spacial score (nSPS) is 13.9. The molecule has 1 saturated carbocycles. The number of hydrogen-bond donors (Lipinski definition) is 0. The van der Waals surface area contributed by atoms with Crippen molar-refractivity contribution in [2.75, 3.05) is 14.2 Å². The fourth-order valence-corrected chi connectivity index (χ4v) is 3.45. The van der Waals surface area contributed by atoms with Crippen molar-refractivity contribution in [2.45, 2.75) is 35.8 Å². The molecule has 2 aromatic carbocycles. The molecule has 8 heteroatoms. The van der Waals surface area contributed by atoms with E-state index in [1.165, 1.54) is 24.3 Å². The van der Waals surface area contributed by atoms with Gasteiger partial charge in [-0.15, -0.1) is 0 Å². The molecule has 150 valence electrons. The Morgan fingerprint density at radius 2 is 1.79 bits per heavy atom. The Hall–Kier alpha value is -2.35. The number of hydrogen-bond acceptors (Lipinski definition) is 4. The number of amides is 1. The lowest BCUT2D eigenvalue weighted by molar-refractivity contribution is -0.0328. The third kappa shape index (κ3) is 5.13. The summed E-state index contributed by atoms with van der Waals surface area (Å²) < 4.78 is 48.1. The molecule has 0 atom stereocenters. The van der Waals surface area contributed by atoms with Gasteiger partial charge in [-0.25, -0.2) is 0 Å². The van der Waals surface area contributed by atoms with Gasteiger partial charge in [-0.2, -0.15) is 13.2 Å². The van der Waals surface area contributed by atoms with Gasteiger partial charge in [0, 0.05) is 22.1 Å². The van der Waals surface area contributed by atoms with Crippen molar-refractivity contribution in [3.05, 3.63) is 53.6 Å². The molecule has 0 aliphatic heterocycles. The lowest BCUT2D eigenvalue weighted by atomic mass is 10.1. The fraction of sp³-hybridized carbons (Fsp3) is 0.350. The van der Waals surface area contributed by atoms with Crippen molar-refractivity contribution in [3.63, 3.8) is 0 Å². The zero-order valence-corrected chi connectivity index (χ0v) is 16.3. The minimum Gasteiger partial charge on any atom is -0.497 e. The van der Waals surface area contributed by atoms with E-state index >= 15 is 0 Å². The first-order chi connectivity index (χ1) is 13.3. The SMILES string of the molecule is COc1ccc(OC)c(CN(C(=O)c2ccc(SC(F)(F)F)cc2)C2CC2)c1. The summed E-state index contributed by atoms with van der Waals surface area (Å²) in [5.41, 5.74) is -3.18. The van der Waals surface area contributed by atoms with Crippen molar-refractivity contribution >= 4 is 17.7 Å². The van der Waals surface area contributed by atoms with Gasteiger partial charge in [-0.05, 0) is 67.1 Å². The largest absolute Gasteiger partial charge is 0.497 e. The van der Waals surface area contributed by atoms with Crippen molar-refractivity contribution in [3.8, 4) is 11.5 Å². The molecule has 0 N–H and O–H groups in total. The van der Waals surface area contributed by atoms with Gasteiger partial charge >= 0.3 is 5.51 Å². The van der Waals surface area contributed by atoms with E-state index in [0.717, 1.165) is 18.4 Å². The maximum Gasteiger partial charge on any atom is 0.446 e. The summed E-state index contributed by atoms with van der Waals surface area (Å²) in [7, 11) is 3.13. The Morgan fingerprint density at radius 1 is 1.11 bits per heavy atom. The third-order valence-electron chi connectivity index (χ3n) is 4.41. The van der Waals surface area contributed by atoms with Crippen LogP contribution in [0, 0.1) is 0 Å². The summed E-state index contributed by atoms with van der Waals surface area (Å²) in [5.74, 6) is 1.10. The number of nitrogens with zero attached hydrogens (tertiary/aromatic N) is 1. The number of carbonyl (C=O) groups is 1. The Labute approximate surface area is 165 Å². The summed E-state index contributed by atoms with van der Waals surface area (Å²) in [6, 6.07) is 11.0. The molecule has 1 fully saturated rings. The van der Waals surface area contributed by atoms with E-state index < -0.39 is 5.51 Å². The molecular formula is C20H20F3NO3S. The average molecular weight is 411 g/mol. The van der Waals surface area contributed by atoms with E-state index in [0.29, 0.717) is 23.6 Å². The van der Waals surface area contributed by atoms with Crippen LogP contribution < -0.4 is 9.47 Å². The maximum atomic E-state index is 13.0. The molecule has 1 aliphatic carbocycles. The van der Waals surface area contributed by atoms with Crippen molar-refractivity contribution in [2.24, 2.45) is 0 Å². The Bertz CT molecular complexity index is 836. The van der Waals surface area contributed by atoms with E-state index in [9.17, 15) is 18.0 Å². The first kappa shape index (κ1) is 20.4. The minimum atomic E-state index is -4.35. The van der Waals surface area contributed by atoms with E-state index in [-0.39, 0.29) is 28.6 Å². The number of carbonyl (C=O) groups excluding carboxylic acids is 1.